The average Bonchev–Trinajstić information content (AvgIpc) is 2.83. The van der Waals surface area contributed by atoms with Gasteiger partial charge < -0.3 is 24.4 Å². The number of hydrogen-bond donors (Lipinski definition) is 1. The molecule has 2 heterocycles. The first kappa shape index (κ1) is 24.3. The van der Waals surface area contributed by atoms with Gasteiger partial charge in [0, 0.05) is 16.8 Å². The molecule has 0 saturated carbocycles. The van der Waals surface area contributed by atoms with Crippen LogP contribution in [0.15, 0.2) is 66.7 Å². The molecule has 3 aromatic rings. The highest BCUT2D eigenvalue weighted by atomic mass is 35.5. The van der Waals surface area contributed by atoms with Gasteiger partial charge in [-0.1, -0.05) is 41.9 Å². The fourth-order valence-corrected chi connectivity index (χ4v) is 4.28. The number of nitrogens with one attached hydrogen (secondary N) is 1. The standard InChI is InChI=1S/C26H22ClF3N2O4/c27-17-7-5-16(6-8-17)24(20-3-1-2-4-21(20)26(28,29)30)36-19-14-32(15-19)25(33)31-18-9-10-22-23(13-18)35-12-11-34-22/h1-10,13,19,24H,11-12,14-15H2,(H,31,33). The van der Waals surface area contributed by atoms with Gasteiger partial charge in [-0.2, -0.15) is 13.2 Å². The topological polar surface area (TPSA) is 60.0 Å². The zero-order valence-corrected chi connectivity index (χ0v) is 19.7. The first-order chi connectivity index (χ1) is 17.3. The first-order valence-corrected chi connectivity index (χ1v) is 11.7. The molecule has 3 aromatic carbocycles. The van der Waals surface area contributed by atoms with E-state index < -0.39 is 23.9 Å². The Morgan fingerprint density at radius 3 is 2.42 bits per heavy atom. The molecule has 2 aliphatic heterocycles. The Balaban J connectivity index is 1.28. The highest BCUT2D eigenvalue weighted by molar-refractivity contribution is 6.30. The van der Waals surface area contributed by atoms with Crippen molar-refractivity contribution in [3.63, 3.8) is 0 Å². The van der Waals surface area contributed by atoms with Crippen molar-refractivity contribution in [3.05, 3.63) is 88.4 Å². The molecule has 1 N–H and O–H groups in total. The summed E-state index contributed by atoms with van der Waals surface area (Å²) in [5, 5.41) is 3.26. The minimum atomic E-state index is -4.54. The van der Waals surface area contributed by atoms with Crippen LogP contribution in [0.4, 0.5) is 23.7 Å². The van der Waals surface area contributed by atoms with Crippen LogP contribution < -0.4 is 14.8 Å². The molecule has 1 unspecified atom stereocenters. The van der Waals surface area contributed by atoms with Crippen LogP contribution in [0.1, 0.15) is 22.8 Å². The van der Waals surface area contributed by atoms with Crippen molar-refractivity contribution in [2.75, 3.05) is 31.6 Å². The molecular formula is C26H22ClF3N2O4. The Bertz CT molecular complexity index is 1250. The Morgan fingerprint density at radius 2 is 1.69 bits per heavy atom. The number of alkyl halides is 3. The monoisotopic (exact) mass is 518 g/mol. The van der Waals surface area contributed by atoms with Crippen LogP contribution in [-0.4, -0.2) is 43.3 Å². The zero-order chi connectivity index (χ0) is 25.3. The van der Waals surface area contributed by atoms with E-state index in [0.717, 1.165) is 6.07 Å². The third-order valence-electron chi connectivity index (χ3n) is 5.98. The van der Waals surface area contributed by atoms with Crippen LogP contribution in [-0.2, 0) is 10.9 Å². The van der Waals surface area contributed by atoms with Crippen molar-refractivity contribution in [1.82, 2.24) is 4.90 Å². The lowest BCUT2D eigenvalue weighted by Gasteiger charge is -2.41. The summed E-state index contributed by atoms with van der Waals surface area (Å²) in [5.74, 6) is 1.17. The quantitative estimate of drug-likeness (QED) is 0.440. The van der Waals surface area contributed by atoms with Crippen LogP contribution >= 0.6 is 11.6 Å². The number of hydrogen-bond acceptors (Lipinski definition) is 4. The number of fused-ring (bicyclic) bond motifs is 1. The fourth-order valence-electron chi connectivity index (χ4n) is 4.16. The lowest BCUT2D eigenvalue weighted by molar-refractivity contribution is -0.140. The molecule has 0 aromatic heterocycles. The maximum absolute atomic E-state index is 13.7. The third-order valence-corrected chi connectivity index (χ3v) is 6.23. The number of rotatable bonds is 5. The lowest BCUT2D eigenvalue weighted by atomic mass is 9.95. The number of urea groups is 1. The number of anilines is 1. The number of carbonyl (C=O) groups is 1. The van der Waals surface area contributed by atoms with Crippen molar-refractivity contribution < 1.29 is 32.2 Å². The number of ether oxygens (including phenoxy) is 3. The molecule has 5 rings (SSSR count). The van der Waals surface area contributed by atoms with E-state index in [1.165, 1.54) is 17.0 Å². The molecule has 10 heteroatoms. The summed E-state index contributed by atoms with van der Waals surface area (Å²) in [4.78, 5) is 14.2. The van der Waals surface area contributed by atoms with Gasteiger partial charge in [0.15, 0.2) is 11.5 Å². The summed E-state index contributed by atoms with van der Waals surface area (Å²) in [6.45, 7) is 1.36. The number of amides is 2. The summed E-state index contributed by atoms with van der Waals surface area (Å²) in [6, 6.07) is 16.6. The van der Waals surface area contributed by atoms with E-state index in [9.17, 15) is 18.0 Å². The molecule has 0 spiro atoms. The van der Waals surface area contributed by atoms with Crippen molar-refractivity contribution in [1.29, 1.82) is 0 Å². The minimum Gasteiger partial charge on any atom is -0.486 e. The van der Waals surface area contributed by atoms with E-state index in [0.29, 0.717) is 41.0 Å². The molecule has 1 atom stereocenters. The second-order valence-corrected chi connectivity index (χ2v) is 8.90. The van der Waals surface area contributed by atoms with E-state index in [4.69, 9.17) is 25.8 Å². The molecule has 0 bridgehead atoms. The summed E-state index contributed by atoms with van der Waals surface area (Å²) < 4.78 is 58.4. The normalized spacial score (nSPS) is 16.3. The predicted octanol–water partition coefficient (Wildman–Crippen LogP) is 6.15. The van der Waals surface area contributed by atoms with Crippen LogP contribution in [0.25, 0.3) is 0 Å². The van der Waals surface area contributed by atoms with Gasteiger partial charge in [0.25, 0.3) is 0 Å². The summed E-state index contributed by atoms with van der Waals surface area (Å²) in [5.41, 5.74) is 0.325. The van der Waals surface area contributed by atoms with Gasteiger partial charge in [0.2, 0.25) is 0 Å². The molecule has 6 nitrogen and oxygen atoms in total. The van der Waals surface area contributed by atoms with Gasteiger partial charge >= 0.3 is 12.2 Å². The van der Waals surface area contributed by atoms with Crippen LogP contribution in [0.5, 0.6) is 11.5 Å². The second-order valence-electron chi connectivity index (χ2n) is 8.47. The van der Waals surface area contributed by atoms with Crippen molar-refractivity contribution in [2.45, 2.75) is 18.4 Å². The van der Waals surface area contributed by atoms with Gasteiger partial charge in [-0.05, 0) is 41.5 Å². The Hall–Kier alpha value is -3.43. The Kier molecular flexibility index (Phi) is 6.68. The second kappa shape index (κ2) is 9.91. The lowest BCUT2D eigenvalue weighted by Crippen LogP contribution is -2.56. The molecule has 0 aliphatic carbocycles. The van der Waals surface area contributed by atoms with Gasteiger partial charge in [0.1, 0.15) is 19.3 Å². The van der Waals surface area contributed by atoms with Crippen molar-refractivity contribution in [3.8, 4) is 11.5 Å². The zero-order valence-electron chi connectivity index (χ0n) is 18.9. The third kappa shape index (κ3) is 5.22. The van der Waals surface area contributed by atoms with E-state index in [2.05, 4.69) is 5.32 Å². The van der Waals surface area contributed by atoms with Crippen LogP contribution in [0.3, 0.4) is 0 Å². The molecular weight excluding hydrogens is 497 g/mol. The number of halogens is 4. The largest absolute Gasteiger partial charge is 0.486 e. The molecule has 188 valence electrons. The molecule has 1 fully saturated rings. The van der Waals surface area contributed by atoms with Crippen molar-refractivity contribution >= 4 is 23.3 Å². The molecule has 2 aliphatic rings. The van der Waals surface area contributed by atoms with Gasteiger partial charge in [-0.3, -0.25) is 0 Å². The molecule has 2 amide bonds. The van der Waals surface area contributed by atoms with E-state index >= 15 is 0 Å². The first-order valence-electron chi connectivity index (χ1n) is 11.3. The van der Waals surface area contributed by atoms with Gasteiger partial charge in [0.05, 0.1) is 24.8 Å². The smallest absolute Gasteiger partial charge is 0.416 e. The molecule has 1 saturated heterocycles. The van der Waals surface area contributed by atoms with Gasteiger partial charge in [-0.25, -0.2) is 4.79 Å². The van der Waals surface area contributed by atoms with E-state index in [-0.39, 0.29) is 24.7 Å². The van der Waals surface area contributed by atoms with Crippen LogP contribution in [0.2, 0.25) is 5.02 Å². The maximum atomic E-state index is 13.7. The number of carbonyl (C=O) groups excluding carboxylic acids is 1. The molecule has 0 radical (unpaired) electrons. The predicted molar refractivity (Wildman–Crippen MR) is 128 cm³/mol. The summed E-state index contributed by atoms with van der Waals surface area (Å²) >= 11 is 5.98. The number of likely N-dealkylation sites (tertiary alicyclic amines) is 1. The number of nitrogens with zero attached hydrogens (tertiary/aromatic N) is 1. The average molecular weight is 519 g/mol. The fraction of sp³-hybridized carbons (Fsp3) is 0.269. The Labute approximate surface area is 210 Å². The minimum absolute atomic E-state index is 0.00602. The SMILES string of the molecule is O=C(Nc1ccc2c(c1)OCCO2)N1CC(OC(c2ccc(Cl)cc2)c2ccccc2C(F)(F)F)C1. The van der Waals surface area contributed by atoms with E-state index in [1.807, 2.05) is 0 Å². The van der Waals surface area contributed by atoms with Crippen molar-refractivity contribution in [2.24, 2.45) is 0 Å². The Morgan fingerprint density at radius 1 is 1.00 bits per heavy atom. The van der Waals surface area contributed by atoms with E-state index in [1.54, 1.807) is 48.5 Å². The summed E-state index contributed by atoms with van der Waals surface area (Å²) in [7, 11) is 0. The summed E-state index contributed by atoms with van der Waals surface area (Å²) in [6.07, 6.45) is -5.97. The number of benzene rings is 3. The highest BCUT2D eigenvalue weighted by Crippen LogP contribution is 2.39. The van der Waals surface area contributed by atoms with Crippen LogP contribution in [0, 0.1) is 0 Å². The highest BCUT2D eigenvalue weighted by Gasteiger charge is 2.39. The van der Waals surface area contributed by atoms with Gasteiger partial charge in [-0.15, -0.1) is 0 Å². The maximum Gasteiger partial charge on any atom is 0.416 e. The molecule has 36 heavy (non-hydrogen) atoms.